The molecule has 1 aliphatic carbocycles. The molecule has 0 bridgehead atoms. The number of carbonyl (C=O) groups is 1. The Kier molecular flexibility index (Phi) is 6.71. The number of amides is 1. The predicted octanol–water partition coefficient (Wildman–Crippen LogP) is 3.85. The molecule has 0 spiro atoms. The van der Waals surface area contributed by atoms with Crippen molar-refractivity contribution in [2.45, 2.75) is 68.7 Å². The normalized spacial score (nSPS) is 18.2. The van der Waals surface area contributed by atoms with E-state index in [4.69, 9.17) is 0 Å². The molecule has 1 saturated carbocycles. The van der Waals surface area contributed by atoms with Crippen molar-refractivity contribution in [2.75, 3.05) is 0 Å². The Balaban J connectivity index is 2.10. The highest BCUT2D eigenvalue weighted by Crippen LogP contribution is 2.33. The Morgan fingerprint density at radius 2 is 1.73 bits per heavy atom. The molecule has 0 saturated heterocycles. The van der Waals surface area contributed by atoms with Gasteiger partial charge in [-0.25, -0.2) is 8.42 Å². The van der Waals surface area contributed by atoms with Crippen LogP contribution in [0.3, 0.4) is 0 Å². The first-order valence-corrected chi connectivity index (χ1v) is 10.5. The molecule has 146 valence electrons. The van der Waals surface area contributed by atoms with Crippen molar-refractivity contribution in [2.24, 2.45) is 0 Å². The smallest absolute Gasteiger partial charge is 0.352 e. The maximum absolute atomic E-state index is 13.1. The molecule has 1 aromatic carbocycles. The van der Waals surface area contributed by atoms with Crippen LogP contribution in [-0.2, 0) is 26.6 Å². The topological polar surface area (TPSA) is 63.2 Å². The van der Waals surface area contributed by atoms with Gasteiger partial charge in [0.05, 0.1) is 11.3 Å². The fraction of sp³-hybridized carbons (Fsp3) is 0.611. The highest BCUT2D eigenvalue weighted by atomic mass is 32.2. The van der Waals surface area contributed by atoms with Crippen LogP contribution in [0, 0.1) is 0 Å². The number of alkyl halides is 3. The average molecular weight is 391 g/mol. The van der Waals surface area contributed by atoms with Crippen molar-refractivity contribution < 1.29 is 26.4 Å². The summed E-state index contributed by atoms with van der Waals surface area (Å²) in [5.74, 6) is -1.46. The van der Waals surface area contributed by atoms with Crippen LogP contribution < -0.4 is 5.32 Å². The van der Waals surface area contributed by atoms with E-state index in [1.807, 2.05) is 0 Å². The maximum Gasteiger partial charge on any atom is 0.416 e. The van der Waals surface area contributed by atoms with Crippen LogP contribution in [0.5, 0.6) is 0 Å². The monoisotopic (exact) mass is 391 g/mol. The first-order chi connectivity index (χ1) is 12.1. The molecule has 8 heteroatoms. The minimum atomic E-state index is -4.64. The minimum absolute atomic E-state index is 0.0647. The van der Waals surface area contributed by atoms with Gasteiger partial charge in [0.2, 0.25) is 5.91 Å². The summed E-state index contributed by atoms with van der Waals surface area (Å²) < 4.78 is 64.2. The largest absolute Gasteiger partial charge is 0.416 e. The molecule has 1 aromatic rings. The lowest BCUT2D eigenvalue weighted by Crippen LogP contribution is -2.43. The fourth-order valence-corrected chi connectivity index (χ4v) is 4.50. The van der Waals surface area contributed by atoms with E-state index in [0.29, 0.717) is 0 Å². The van der Waals surface area contributed by atoms with Gasteiger partial charge in [-0.3, -0.25) is 4.79 Å². The molecular weight excluding hydrogens is 367 g/mol. The van der Waals surface area contributed by atoms with E-state index < -0.39 is 38.5 Å². The van der Waals surface area contributed by atoms with Crippen molar-refractivity contribution in [3.05, 3.63) is 35.4 Å². The molecular formula is C18H24F3NO3S. The molecule has 1 amide bonds. The number of benzene rings is 1. The van der Waals surface area contributed by atoms with E-state index >= 15 is 0 Å². The van der Waals surface area contributed by atoms with Gasteiger partial charge in [-0.1, -0.05) is 43.9 Å². The summed E-state index contributed by atoms with van der Waals surface area (Å²) in [5.41, 5.74) is -1.32. The predicted molar refractivity (Wildman–Crippen MR) is 93.2 cm³/mol. The summed E-state index contributed by atoms with van der Waals surface area (Å²) in [4.78, 5) is 12.3. The summed E-state index contributed by atoms with van der Waals surface area (Å²) in [7, 11) is -4.07. The van der Waals surface area contributed by atoms with Gasteiger partial charge in [0.1, 0.15) is 5.25 Å². The molecule has 0 heterocycles. The summed E-state index contributed by atoms with van der Waals surface area (Å²) in [6.07, 6.45) is 1.10. The molecule has 0 aliphatic heterocycles. The van der Waals surface area contributed by atoms with Gasteiger partial charge < -0.3 is 5.32 Å². The van der Waals surface area contributed by atoms with E-state index in [2.05, 4.69) is 5.32 Å². The summed E-state index contributed by atoms with van der Waals surface area (Å²) >= 11 is 0. The lowest BCUT2D eigenvalue weighted by molar-refractivity contribution is -0.138. The lowest BCUT2D eigenvalue weighted by atomic mass is 10.1. The highest BCUT2D eigenvalue weighted by molar-refractivity contribution is 7.92. The molecule has 0 aromatic heterocycles. The van der Waals surface area contributed by atoms with Crippen molar-refractivity contribution in [3.63, 3.8) is 0 Å². The average Bonchev–Trinajstić information content (AvgIpc) is 2.81. The zero-order valence-corrected chi connectivity index (χ0v) is 15.5. The highest BCUT2D eigenvalue weighted by Gasteiger charge is 2.36. The fourth-order valence-electron chi connectivity index (χ4n) is 3.17. The van der Waals surface area contributed by atoms with E-state index in [0.717, 1.165) is 50.7 Å². The van der Waals surface area contributed by atoms with E-state index in [-0.39, 0.29) is 11.6 Å². The molecule has 4 nitrogen and oxygen atoms in total. The first kappa shape index (κ1) is 20.7. The van der Waals surface area contributed by atoms with Crippen molar-refractivity contribution in [1.29, 1.82) is 0 Å². The Hall–Kier alpha value is -1.57. The van der Waals surface area contributed by atoms with Gasteiger partial charge in [-0.15, -0.1) is 0 Å². The Bertz CT molecular complexity index is 723. The van der Waals surface area contributed by atoms with E-state index in [1.165, 1.54) is 19.1 Å². The quantitative estimate of drug-likeness (QED) is 0.776. The molecule has 1 N–H and O–H groups in total. The second kappa shape index (κ2) is 8.41. The second-order valence-corrected chi connectivity index (χ2v) is 9.12. The zero-order chi connectivity index (χ0) is 19.4. The van der Waals surface area contributed by atoms with E-state index in [1.54, 1.807) is 0 Å². The van der Waals surface area contributed by atoms with Crippen LogP contribution in [-0.4, -0.2) is 25.6 Å². The number of halogens is 3. The number of carbonyl (C=O) groups excluding carboxylic acids is 1. The zero-order valence-electron chi connectivity index (χ0n) is 14.7. The number of sulfone groups is 1. The van der Waals surface area contributed by atoms with Gasteiger partial charge in [0.25, 0.3) is 0 Å². The van der Waals surface area contributed by atoms with E-state index in [9.17, 15) is 26.4 Å². The van der Waals surface area contributed by atoms with Gasteiger partial charge >= 0.3 is 6.18 Å². The van der Waals surface area contributed by atoms with Crippen LogP contribution >= 0.6 is 0 Å². The molecule has 1 fully saturated rings. The Morgan fingerprint density at radius 1 is 1.15 bits per heavy atom. The Labute approximate surface area is 152 Å². The Morgan fingerprint density at radius 3 is 2.31 bits per heavy atom. The SMILES string of the molecule is C[C@@H](C(=O)NC1CCCCCC1)S(=O)(=O)Cc1ccccc1C(F)(F)F. The molecule has 1 atom stereocenters. The third kappa shape index (κ3) is 5.46. The van der Waals surface area contributed by atoms with Crippen LogP contribution in [0.4, 0.5) is 13.2 Å². The minimum Gasteiger partial charge on any atom is -0.352 e. The third-order valence-electron chi connectivity index (χ3n) is 4.79. The molecule has 26 heavy (non-hydrogen) atoms. The summed E-state index contributed by atoms with van der Waals surface area (Å²) in [6.45, 7) is 1.23. The third-order valence-corrected chi connectivity index (χ3v) is 6.79. The maximum atomic E-state index is 13.1. The van der Waals surface area contributed by atoms with Crippen molar-refractivity contribution in [3.8, 4) is 0 Å². The molecule has 0 unspecified atom stereocenters. The van der Waals surface area contributed by atoms with Crippen LogP contribution in [0.1, 0.15) is 56.6 Å². The van der Waals surface area contributed by atoms with Crippen LogP contribution in [0.15, 0.2) is 24.3 Å². The van der Waals surface area contributed by atoms with Gasteiger partial charge in [-0.05, 0) is 31.4 Å². The van der Waals surface area contributed by atoms with Crippen molar-refractivity contribution >= 4 is 15.7 Å². The van der Waals surface area contributed by atoms with Crippen molar-refractivity contribution in [1.82, 2.24) is 5.32 Å². The van der Waals surface area contributed by atoms with Gasteiger partial charge in [-0.2, -0.15) is 13.2 Å². The summed E-state index contributed by atoms with van der Waals surface area (Å²) in [5, 5.41) is 1.36. The molecule has 1 aliphatic rings. The number of nitrogens with one attached hydrogen (secondary N) is 1. The van der Waals surface area contributed by atoms with Gasteiger partial charge in [0.15, 0.2) is 9.84 Å². The van der Waals surface area contributed by atoms with Gasteiger partial charge in [0, 0.05) is 6.04 Å². The van der Waals surface area contributed by atoms with Crippen LogP contribution in [0.2, 0.25) is 0 Å². The standard InChI is InChI=1S/C18H24F3NO3S/c1-13(17(23)22-15-9-4-2-3-5-10-15)26(24,25)12-14-8-6-7-11-16(14)18(19,20)21/h6-8,11,13,15H,2-5,9-10,12H2,1H3,(H,22,23)/t13-/m0/s1. The van der Waals surface area contributed by atoms with Crippen LogP contribution in [0.25, 0.3) is 0 Å². The summed E-state index contributed by atoms with van der Waals surface area (Å²) in [6, 6.07) is 4.49. The first-order valence-electron chi connectivity index (χ1n) is 8.78. The molecule has 0 radical (unpaired) electrons. The number of hydrogen-bond donors (Lipinski definition) is 1. The second-order valence-electron chi connectivity index (χ2n) is 6.80. The number of hydrogen-bond acceptors (Lipinski definition) is 3. The number of rotatable bonds is 5. The lowest BCUT2D eigenvalue weighted by Gasteiger charge is -2.20. The molecule has 2 rings (SSSR count).